The Bertz CT molecular complexity index is 661. The number of para-hydroxylation sites is 1. The maximum atomic E-state index is 11.0. The van der Waals surface area contributed by atoms with Gasteiger partial charge in [-0.15, -0.1) is 0 Å². The van der Waals surface area contributed by atoms with Gasteiger partial charge in [-0.2, -0.15) is 0 Å². The van der Waals surface area contributed by atoms with E-state index in [0.29, 0.717) is 21.7 Å². The molecule has 0 radical (unpaired) electrons. The van der Waals surface area contributed by atoms with Crippen LogP contribution in [0.1, 0.15) is 11.1 Å². The highest BCUT2D eigenvalue weighted by Gasteiger charge is 2.18. The van der Waals surface area contributed by atoms with Crippen molar-refractivity contribution in [2.24, 2.45) is 0 Å². The van der Waals surface area contributed by atoms with Gasteiger partial charge in [-0.3, -0.25) is 10.1 Å². The van der Waals surface area contributed by atoms with Gasteiger partial charge in [-0.05, 0) is 30.2 Å². The summed E-state index contributed by atoms with van der Waals surface area (Å²) < 4.78 is 5.64. The Balaban J connectivity index is 2.39. The van der Waals surface area contributed by atoms with Gasteiger partial charge in [0.25, 0.3) is 0 Å². The lowest BCUT2D eigenvalue weighted by Gasteiger charge is -2.10. The molecule has 2 aromatic rings. The quantitative estimate of drug-likeness (QED) is 0.427. The molecule has 0 aromatic heterocycles. The minimum absolute atomic E-state index is 0.0642. The van der Waals surface area contributed by atoms with Gasteiger partial charge in [0.15, 0.2) is 0 Å². The number of hydrogen-bond acceptors (Lipinski definition) is 3. The molecule has 0 saturated heterocycles. The lowest BCUT2D eigenvalue weighted by Crippen LogP contribution is -1.95. The molecule has 0 N–H and O–H groups in total. The van der Waals surface area contributed by atoms with Gasteiger partial charge in [0.2, 0.25) is 5.75 Å². The second-order valence-corrected chi connectivity index (χ2v) is 5.14. The molecule has 0 amide bonds. The summed E-state index contributed by atoms with van der Waals surface area (Å²) in [4.78, 5) is 10.6. The molecule has 2 aromatic carbocycles. The van der Waals surface area contributed by atoms with E-state index in [1.54, 1.807) is 31.2 Å². The fourth-order valence-electron chi connectivity index (χ4n) is 1.73. The van der Waals surface area contributed by atoms with Gasteiger partial charge in [0, 0.05) is 16.4 Å². The number of nitro groups is 1. The summed E-state index contributed by atoms with van der Waals surface area (Å²) in [6.45, 7) is 1.76. The molecule has 0 unspecified atom stereocenters. The molecule has 2 rings (SSSR count). The summed E-state index contributed by atoms with van der Waals surface area (Å²) >= 11 is 9.42. The van der Waals surface area contributed by atoms with Gasteiger partial charge >= 0.3 is 5.69 Å². The van der Waals surface area contributed by atoms with Crippen molar-refractivity contribution in [2.75, 3.05) is 0 Å². The summed E-state index contributed by atoms with van der Waals surface area (Å²) in [5, 5.41) is 12.2. The molecular weight excluding hydrogens is 346 g/mol. The highest BCUT2D eigenvalue weighted by atomic mass is 79.9. The maximum Gasteiger partial charge on any atom is 0.311 e. The number of alkyl halides is 1. The third-order valence-corrected chi connectivity index (χ3v) is 3.73. The van der Waals surface area contributed by atoms with E-state index in [-0.39, 0.29) is 11.4 Å². The number of ether oxygens (including phenoxy) is 1. The van der Waals surface area contributed by atoms with E-state index in [1.807, 2.05) is 6.07 Å². The predicted molar refractivity (Wildman–Crippen MR) is 82.0 cm³/mol. The molecule has 0 heterocycles. The minimum atomic E-state index is -0.462. The van der Waals surface area contributed by atoms with Crippen LogP contribution in [0.4, 0.5) is 5.69 Å². The normalized spacial score (nSPS) is 10.3. The van der Waals surface area contributed by atoms with Crippen molar-refractivity contribution < 1.29 is 9.66 Å². The van der Waals surface area contributed by atoms with E-state index in [4.69, 9.17) is 16.3 Å². The van der Waals surface area contributed by atoms with Gasteiger partial charge in [-0.25, -0.2) is 0 Å². The lowest BCUT2D eigenvalue weighted by molar-refractivity contribution is -0.385. The summed E-state index contributed by atoms with van der Waals surface area (Å²) in [6.07, 6.45) is 0. The van der Waals surface area contributed by atoms with Crippen molar-refractivity contribution in [3.8, 4) is 11.5 Å². The molecule has 0 saturated carbocycles. The molecule has 0 aliphatic rings. The largest absolute Gasteiger partial charge is 0.450 e. The standard InChI is InChI=1S/C14H11BrClNO3/c1-9-3-2-4-13(17(18)19)14(9)20-11-6-5-10(8-15)12(16)7-11/h2-7H,8H2,1H3. The Morgan fingerprint density at radius 1 is 1.35 bits per heavy atom. The van der Waals surface area contributed by atoms with Crippen LogP contribution in [0.15, 0.2) is 36.4 Å². The summed E-state index contributed by atoms with van der Waals surface area (Å²) in [5.41, 5.74) is 1.56. The highest BCUT2D eigenvalue weighted by Crippen LogP contribution is 2.35. The van der Waals surface area contributed by atoms with Crippen LogP contribution in [0, 0.1) is 17.0 Å². The van der Waals surface area contributed by atoms with E-state index in [2.05, 4.69) is 15.9 Å². The van der Waals surface area contributed by atoms with Crippen molar-refractivity contribution in [3.63, 3.8) is 0 Å². The van der Waals surface area contributed by atoms with E-state index < -0.39 is 4.92 Å². The molecule has 0 fully saturated rings. The molecule has 0 atom stereocenters. The lowest BCUT2D eigenvalue weighted by atomic mass is 10.2. The van der Waals surface area contributed by atoms with Gasteiger partial charge in [0.1, 0.15) is 5.75 Å². The second-order valence-electron chi connectivity index (χ2n) is 4.17. The average Bonchev–Trinajstić information content (AvgIpc) is 2.41. The molecule has 4 nitrogen and oxygen atoms in total. The summed E-state index contributed by atoms with van der Waals surface area (Å²) in [6, 6.07) is 10.00. The number of aryl methyl sites for hydroxylation is 1. The van der Waals surface area contributed by atoms with Crippen LogP contribution in [-0.2, 0) is 5.33 Å². The summed E-state index contributed by atoms with van der Waals surface area (Å²) in [5.74, 6) is 0.706. The Kier molecular flexibility index (Phi) is 4.62. The Morgan fingerprint density at radius 3 is 2.70 bits per heavy atom. The first kappa shape index (κ1) is 14.8. The first-order chi connectivity index (χ1) is 9.52. The Hall–Kier alpha value is -1.59. The third kappa shape index (κ3) is 3.11. The smallest absolute Gasteiger partial charge is 0.311 e. The van der Waals surface area contributed by atoms with E-state index in [9.17, 15) is 10.1 Å². The average molecular weight is 357 g/mol. The molecule has 0 spiro atoms. The van der Waals surface area contributed by atoms with Crippen LogP contribution in [0.3, 0.4) is 0 Å². The zero-order valence-corrected chi connectivity index (χ0v) is 12.9. The zero-order valence-electron chi connectivity index (χ0n) is 10.6. The maximum absolute atomic E-state index is 11.0. The van der Waals surface area contributed by atoms with Crippen LogP contribution >= 0.6 is 27.5 Å². The zero-order chi connectivity index (χ0) is 14.7. The van der Waals surface area contributed by atoms with Gasteiger partial charge < -0.3 is 4.74 Å². The molecule has 104 valence electrons. The molecule has 0 aliphatic heterocycles. The molecule has 0 bridgehead atoms. The van der Waals surface area contributed by atoms with Crippen LogP contribution in [0.25, 0.3) is 0 Å². The third-order valence-electron chi connectivity index (χ3n) is 2.78. The van der Waals surface area contributed by atoms with E-state index >= 15 is 0 Å². The van der Waals surface area contributed by atoms with Crippen LogP contribution < -0.4 is 4.74 Å². The van der Waals surface area contributed by atoms with Crippen LogP contribution in [-0.4, -0.2) is 4.92 Å². The number of benzene rings is 2. The first-order valence-electron chi connectivity index (χ1n) is 5.79. The first-order valence-corrected chi connectivity index (χ1v) is 7.29. The van der Waals surface area contributed by atoms with Crippen molar-refractivity contribution >= 4 is 33.2 Å². The van der Waals surface area contributed by atoms with E-state index in [0.717, 1.165) is 5.56 Å². The van der Waals surface area contributed by atoms with Crippen molar-refractivity contribution in [1.82, 2.24) is 0 Å². The predicted octanol–water partition coefficient (Wildman–Crippen LogP) is 5.24. The SMILES string of the molecule is Cc1cccc([N+](=O)[O-])c1Oc1ccc(CBr)c(Cl)c1. The molecule has 0 aliphatic carbocycles. The van der Waals surface area contributed by atoms with E-state index in [1.165, 1.54) is 6.07 Å². The fourth-order valence-corrected chi connectivity index (χ4v) is 2.62. The topological polar surface area (TPSA) is 52.4 Å². The monoisotopic (exact) mass is 355 g/mol. The number of halogens is 2. The van der Waals surface area contributed by atoms with Crippen molar-refractivity contribution in [2.45, 2.75) is 12.3 Å². The highest BCUT2D eigenvalue weighted by molar-refractivity contribution is 9.08. The Labute approximate surface area is 129 Å². The number of rotatable bonds is 4. The van der Waals surface area contributed by atoms with Crippen molar-refractivity contribution in [3.05, 3.63) is 62.7 Å². The number of nitro benzene ring substituents is 1. The van der Waals surface area contributed by atoms with Crippen LogP contribution in [0.2, 0.25) is 5.02 Å². The second kappa shape index (κ2) is 6.24. The molecule has 20 heavy (non-hydrogen) atoms. The Morgan fingerprint density at radius 2 is 2.10 bits per heavy atom. The van der Waals surface area contributed by atoms with Gasteiger partial charge in [0.05, 0.1) is 4.92 Å². The fraction of sp³-hybridized carbons (Fsp3) is 0.143. The van der Waals surface area contributed by atoms with Crippen LogP contribution in [0.5, 0.6) is 11.5 Å². The number of nitrogens with zero attached hydrogens (tertiary/aromatic N) is 1. The minimum Gasteiger partial charge on any atom is -0.450 e. The van der Waals surface area contributed by atoms with Gasteiger partial charge in [-0.1, -0.05) is 45.7 Å². The molecule has 6 heteroatoms. The summed E-state index contributed by atoms with van der Waals surface area (Å²) in [7, 11) is 0. The number of hydrogen-bond donors (Lipinski definition) is 0. The van der Waals surface area contributed by atoms with Crippen molar-refractivity contribution in [1.29, 1.82) is 0 Å². The molecular formula is C14H11BrClNO3.